The van der Waals surface area contributed by atoms with Crippen molar-refractivity contribution in [3.05, 3.63) is 35.9 Å². The lowest BCUT2D eigenvalue weighted by molar-refractivity contribution is -0.277. The third kappa shape index (κ3) is 2.78. The Kier molecular flexibility index (Phi) is 4.79. The number of carbonyl (C=O) groups excluding carboxylic acids is 1. The Bertz CT molecular complexity index is 505. The number of rotatable bonds is 4. The number of carbonyl (C=O) groups is 1. The van der Waals surface area contributed by atoms with Crippen molar-refractivity contribution >= 4 is 5.97 Å². The third-order valence-corrected chi connectivity index (χ3v) is 2.69. The van der Waals surface area contributed by atoms with Crippen LogP contribution >= 0.6 is 0 Å². The largest absolute Gasteiger partial charge is 0.447 e. The lowest BCUT2D eigenvalue weighted by Gasteiger charge is -2.32. The highest BCUT2D eigenvalue weighted by molar-refractivity contribution is 5.83. The molecule has 0 aromatic heterocycles. The lowest BCUT2D eigenvalue weighted by Crippen LogP contribution is -2.52. The molecule has 1 aromatic rings. The molecule has 2 atom stereocenters. The molecule has 3 nitrogen and oxygen atoms in total. The third-order valence-electron chi connectivity index (χ3n) is 2.69. The molecule has 0 amide bonds. The number of terminal acetylenes is 1. The zero-order valence-electron chi connectivity index (χ0n) is 10.9. The number of hydrogen-bond acceptors (Lipinski definition) is 3. The van der Waals surface area contributed by atoms with Crippen LogP contribution in [0.1, 0.15) is 12.5 Å². The molecule has 1 unspecified atom stereocenters. The van der Waals surface area contributed by atoms with Crippen molar-refractivity contribution < 1.29 is 27.4 Å². The fourth-order valence-corrected chi connectivity index (χ4v) is 1.66. The summed E-state index contributed by atoms with van der Waals surface area (Å²) in [5.41, 5.74) is -3.57. The zero-order chi connectivity index (χ0) is 15.4. The maximum absolute atomic E-state index is 13.4. The molecular weight excluding hydrogens is 273 g/mol. The first kappa shape index (κ1) is 16.1. The minimum absolute atomic E-state index is 0.371. The van der Waals surface area contributed by atoms with Crippen LogP contribution in [0.4, 0.5) is 13.2 Å². The van der Waals surface area contributed by atoms with Gasteiger partial charge in [-0.1, -0.05) is 36.3 Å². The second-order valence-electron chi connectivity index (χ2n) is 3.96. The van der Waals surface area contributed by atoms with Crippen molar-refractivity contribution in [2.75, 3.05) is 7.11 Å². The summed E-state index contributed by atoms with van der Waals surface area (Å²) in [7, 11) is 0.794. The minimum Gasteiger partial charge on any atom is -0.447 e. The molecule has 0 aliphatic heterocycles. The van der Waals surface area contributed by atoms with E-state index in [0.717, 1.165) is 19.2 Å². The molecule has 0 aliphatic carbocycles. The van der Waals surface area contributed by atoms with E-state index in [-0.39, 0.29) is 5.56 Å². The Labute approximate surface area is 114 Å². The Balaban J connectivity index is 3.36. The van der Waals surface area contributed by atoms with Gasteiger partial charge in [0, 0.05) is 12.7 Å². The van der Waals surface area contributed by atoms with Gasteiger partial charge in [0.05, 0.1) is 0 Å². The van der Waals surface area contributed by atoms with E-state index in [0.29, 0.717) is 0 Å². The monoisotopic (exact) mass is 286 g/mol. The van der Waals surface area contributed by atoms with E-state index < -0.39 is 23.9 Å². The molecule has 0 saturated heterocycles. The Morgan fingerprint density at radius 3 is 2.25 bits per heavy atom. The van der Waals surface area contributed by atoms with Gasteiger partial charge < -0.3 is 9.47 Å². The Morgan fingerprint density at radius 1 is 1.30 bits per heavy atom. The number of ether oxygens (including phenoxy) is 2. The predicted molar refractivity (Wildman–Crippen MR) is 65.6 cm³/mol. The van der Waals surface area contributed by atoms with Crippen LogP contribution in [0.25, 0.3) is 0 Å². The zero-order valence-corrected chi connectivity index (χ0v) is 10.9. The summed E-state index contributed by atoms with van der Waals surface area (Å²) in [5, 5.41) is 0. The predicted octanol–water partition coefficient (Wildman–Crippen LogP) is 2.66. The van der Waals surface area contributed by atoms with Gasteiger partial charge in [0.1, 0.15) is 0 Å². The van der Waals surface area contributed by atoms with E-state index >= 15 is 0 Å². The molecule has 0 saturated carbocycles. The van der Waals surface area contributed by atoms with Gasteiger partial charge in [-0.25, -0.2) is 4.79 Å². The van der Waals surface area contributed by atoms with Gasteiger partial charge in [-0.15, -0.1) is 6.42 Å². The molecule has 0 N–H and O–H groups in total. The average molecular weight is 286 g/mol. The quantitative estimate of drug-likeness (QED) is 0.630. The van der Waals surface area contributed by atoms with Crippen LogP contribution in [-0.4, -0.2) is 25.4 Å². The topological polar surface area (TPSA) is 35.5 Å². The maximum atomic E-state index is 13.4. The van der Waals surface area contributed by atoms with E-state index in [1.165, 1.54) is 25.1 Å². The lowest BCUT2D eigenvalue weighted by atomic mass is 9.92. The second-order valence-corrected chi connectivity index (χ2v) is 3.96. The van der Waals surface area contributed by atoms with Gasteiger partial charge in [-0.3, -0.25) is 0 Å². The molecule has 0 radical (unpaired) electrons. The van der Waals surface area contributed by atoms with Gasteiger partial charge in [0.2, 0.25) is 0 Å². The summed E-state index contributed by atoms with van der Waals surface area (Å²) >= 11 is 0. The molecule has 0 heterocycles. The van der Waals surface area contributed by atoms with Crippen molar-refractivity contribution in [1.82, 2.24) is 0 Å². The van der Waals surface area contributed by atoms with Crippen molar-refractivity contribution in [3.63, 3.8) is 0 Å². The number of methoxy groups -OCH3 is 1. The summed E-state index contributed by atoms with van der Waals surface area (Å²) < 4.78 is 49.3. The van der Waals surface area contributed by atoms with Crippen molar-refractivity contribution in [2.24, 2.45) is 0 Å². The van der Waals surface area contributed by atoms with Crippen LogP contribution in [0.15, 0.2) is 30.3 Å². The van der Waals surface area contributed by atoms with Crippen molar-refractivity contribution in [3.8, 4) is 12.3 Å². The van der Waals surface area contributed by atoms with Gasteiger partial charge in [-0.05, 0) is 6.92 Å². The van der Waals surface area contributed by atoms with Crippen LogP contribution < -0.4 is 0 Å². The highest BCUT2D eigenvalue weighted by Gasteiger charge is 2.64. The van der Waals surface area contributed by atoms with Gasteiger partial charge in [-0.2, -0.15) is 13.2 Å². The SMILES string of the molecule is C#CC(C)OC(=O)[C@](OC)(c1ccccc1)C(F)(F)F. The fourth-order valence-electron chi connectivity index (χ4n) is 1.66. The van der Waals surface area contributed by atoms with Gasteiger partial charge in [0.25, 0.3) is 5.60 Å². The highest BCUT2D eigenvalue weighted by atomic mass is 19.4. The van der Waals surface area contributed by atoms with E-state index in [9.17, 15) is 18.0 Å². The number of benzene rings is 1. The first-order valence-corrected chi connectivity index (χ1v) is 5.64. The summed E-state index contributed by atoms with van der Waals surface area (Å²) in [6, 6.07) is 6.53. The number of alkyl halides is 3. The van der Waals surface area contributed by atoms with Crippen LogP contribution in [0.3, 0.4) is 0 Å². The minimum atomic E-state index is -4.99. The molecule has 0 aliphatic rings. The standard InChI is InChI=1S/C14H13F3O3/c1-4-10(2)20-12(18)13(19-3,14(15,16)17)11-8-6-5-7-9-11/h1,5-10H,2-3H3/t10?,13-/m1/s1. The molecule has 1 rings (SSSR count). The summed E-state index contributed by atoms with van der Waals surface area (Å²) in [6.45, 7) is 1.29. The van der Waals surface area contributed by atoms with E-state index in [1.54, 1.807) is 0 Å². The van der Waals surface area contributed by atoms with Crippen LogP contribution in [0.2, 0.25) is 0 Å². The normalized spacial score (nSPS) is 15.8. The first-order valence-electron chi connectivity index (χ1n) is 5.64. The average Bonchev–Trinajstić information content (AvgIpc) is 2.39. The molecule has 6 heteroatoms. The van der Waals surface area contributed by atoms with E-state index in [1.807, 2.05) is 5.92 Å². The summed E-state index contributed by atoms with van der Waals surface area (Å²) in [5.74, 6) is 0.436. The van der Waals surface area contributed by atoms with Crippen LogP contribution in [0, 0.1) is 12.3 Å². The Morgan fingerprint density at radius 2 is 1.85 bits per heavy atom. The highest BCUT2D eigenvalue weighted by Crippen LogP contribution is 2.43. The Hall–Kier alpha value is -2.00. The van der Waals surface area contributed by atoms with Crippen LogP contribution in [-0.2, 0) is 19.9 Å². The van der Waals surface area contributed by atoms with Gasteiger partial charge in [0.15, 0.2) is 6.10 Å². The molecule has 0 spiro atoms. The summed E-state index contributed by atoms with van der Waals surface area (Å²) in [4.78, 5) is 11.9. The van der Waals surface area contributed by atoms with Crippen LogP contribution in [0.5, 0.6) is 0 Å². The molecule has 1 aromatic carbocycles. The molecule has 20 heavy (non-hydrogen) atoms. The fraction of sp³-hybridized carbons (Fsp3) is 0.357. The summed E-state index contributed by atoms with van der Waals surface area (Å²) in [6.07, 6.45) is -1.08. The van der Waals surface area contributed by atoms with Gasteiger partial charge >= 0.3 is 12.1 Å². The van der Waals surface area contributed by atoms with E-state index in [2.05, 4.69) is 9.47 Å². The number of halogens is 3. The molecule has 108 valence electrons. The smallest absolute Gasteiger partial charge is 0.432 e. The molecule has 0 fully saturated rings. The second kappa shape index (κ2) is 5.97. The molecular formula is C14H13F3O3. The number of hydrogen-bond donors (Lipinski definition) is 0. The first-order chi connectivity index (χ1) is 9.29. The van der Waals surface area contributed by atoms with Crippen molar-refractivity contribution in [2.45, 2.75) is 24.8 Å². The number of esters is 1. The molecule has 0 bridgehead atoms. The maximum Gasteiger partial charge on any atom is 0.432 e. The van der Waals surface area contributed by atoms with Crippen molar-refractivity contribution in [1.29, 1.82) is 0 Å². The van der Waals surface area contributed by atoms with E-state index in [4.69, 9.17) is 6.42 Å².